The Morgan fingerprint density at radius 2 is 1.50 bits per heavy atom. The van der Waals surface area contributed by atoms with Gasteiger partial charge in [0, 0.05) is 19.8 Å². The van der Waals surface area contributed by atoms with E-state index in [1.54, 1.807) is 34.6 Å². The van der Waals surface area contributed by atoms with Gasteiger partial charge in [0.1, 0.15) is 29.8 Å². The molecule has 0 aromatic rings. The smallest absolute Gasteiger partial charge is 0.334 e. The van der Waals surface area contributed by atoms with Crippen LogP contribution in [0.4, 0.5) is 0 Å². The number of hydrogen-bond donors (Lipinski definition) is 2. The Hall–Kier alpha value is -1.97. The van der Waals surface area contributed by atoms with Crippen LogP contribution in [0.2, 0.25) is 0 Å². The fourth-order valence-corrected chi connectivity index (χ4v) is 4.97. The quantitative estimate of drug-likeness (QED) is 0.187. The molecule has 1 aliphatic rings. The number of quaternary nitrogens is 1. The summed E-state index contributed by atoms with van der Waals surface area (Å²) >= 11 is 0. The van der Waals surface area contributed by atoms with Crippen LogP contribution in [0.5, 0.6) is 0 Å². The van der Waals surface area contributed by atoms with Crippen LogP contribution in [0.15, 0.2) is 11.8 Å². The zero-order valence-corrected chi connectivity index (χ0v) is 22.4. The average Bonchev–Trinajstić information content (AvgIpc) is 2.68. The molecule has 0 unspecified atom stereocenters. The summed E-state index contributed by atoms with van der Waals surface area (Å²) in [6, 6.07) is 0. The van der Waals surface area contributed by atoms with Gasteiger partial charge in [-0.15, -0.1) is 4.65 Å². The van der Waals surface area contributed by atoms with E-state index < -0.39 is 45.4 Å². The minimum Gasteiger partial charge on any atom is -0.540 e. The van der Waals surface area contributed by atoms with Gasteiger partial charge in [-0.1, -0.05) is 26.7 Å². The average molecular weight is 487 g/mol. The van der Waals surface area contributed by atoms with Crippen molar-refractivity contribution in [1.29, 1.82) is 0 Å². The minimum absolute atomic E-state index is 0.162. The van der Waals surface area contributed by atoms with Crippen LogP contribution in [0, 0.1) is 0 Å². The van der Waals surface area contributed by atoms with E-state index in [-0.39, 0.29) is 6.61 Å². The summed E-state index contributed by atoms with van der Waals surface area (Å²) in [6.07, 6.45) is 6.06. The normalized spacial score (nSPS) is 23.4. The Kier molecular flexibility index (Phi) is 13.6. The third-order valence-electron chi connectivity index (χ3n) is 6.04. The third kappa shape index (κ3) is 8.67. The maximum Gasteiger partial charge on any atom is 0.334 e. The zero-order valence-electron chi connectivity index (χ0n) is 22.4. The lowest BCUT2D eigenvalue weighted by atomic mass is 9.76. The number of hydrogen-bond acceptors (Lipinski definition) is 7. The largest absolute Gasteiger partial charge is 0.540 e. The number of esters is 1. The topological polar surface area (TPSA) is 125 Å². The summed E-state index contributed by atoms with van der Waals surface area (Å²) in [5.41, 5.74) is -2.25. The number of ether oxygens (including phenoxy) is 1. The summed E-state index contributed by atoms with van der Waals surface area (Å²) in [7, 11) is 0. The molecule has 1 aliphatic heterocycles. The lowest BCUT2D eigenvalue weighted by molar-refractivity contribution is -1.15. The molecule has 0 bridgehead atoms. The van der Waals surface area contributed by atoms with E-state index in [1.807, 2.05) is 0 Å². The number of aliphatic carboxylic acids is 2. The van der Waals surface area contributed by atoms with Gasteiger partial charge in [-0.05, 0) is 60.5 Å². The molecule has 1 fully saturated rings. The van der Waals surface area contributed by atoms with Gasteiger partial charge >= 0.3 is 11.9 Å². The van der Waals surface area contributed by atoms with Crippen molar-refractivity contribution >= 4 is 17.9 Å². The van der Waals surface area contributed by atoms with Crippen molar-refractivity contribution in [2.24, 2.45) is 0 Å². The summed E-state index contributed by atoms with van der Waals surface area (Å²) in [5.74, 6) is -3.43. The van der Waals surface area contributed by atoms with Gasteiger partial charge in [-0.25, -0.2) is 4.79 Å². The van der Waals surface area contributed by atoms with Gasteiger partial charge in [0.25, 0.3) is 0 Å². The first kappa shape index (κ1) is 32.0. The molecular weight excluding hydrogens is 440 g/mol. The molecule has 1 saturated heterocycles. The van der Waals surface area contributed by atoms with E-state index >= 15 is 0 Å². The first-order valence-corrected chi connectivity index (χ1v) is 12.3. The lowest BCUT2D eigenvalue weighted by Gasteiger charge is -2.59. The Morgan fingerprint density at radius 1 is 1.03 bits per heavy atom. The summed E-state index contributed by atoms with van der Waals surface area (Å²) in [6.45, 7) is 17.1. The molecule has 9 nitrogen and oxygen atoms in total. The first-order chi connectivity index (χ1) is 15.7. The van der Waals surface area contributed by atoms with Crippen molar-refractivity contribution in [3.8, 4) is 0 Å². The standard InChI is InChI=1S/C17H27NO7.C8H19N/c1-7-24-18(13(15(22)23)8-14(20)21)16(3,4)9-12(25-11(2)19)10-17(18,5)6;1-3-5-7-9-8-6-4-2/h8,12H,7,9-10H2,1-6H3,(H-,20,21,22,23);9H,3-8H2,1-2H3/b13-8+;. The van der Waals surface area contributed by atoms with E-state index in [4.69, 9.17) is 14.7 Å². The molecule has 0 radical (unpaired) electrons. The number of likely N-dealkylation sites (tertiary alicyclic amines) is 1. The second-order valence-corrected chi connectivity index (χ2v) is 9.90. The Balaban J connectivity index is 0.00000102. The van der Waals surface area contributed by atoms with Crippen molar-refractivity contribution in [2.75, 3.05) is 19.7 Å². The van der Waals surface area contributed by atoms with Crippen molar-refractivity contribution in [3.63, 3.8) is 0 Å². The molecule has 0 spiro atoms. The minimum atomic E-state index is -1.61. The number of carbonyl (C=O) groups is 3. The molecular formula is C25H46N2O7. The van der Waals surface area contributed by atoms with E-state index in [0.29, 0.717) is 18.9 Å². The number of rotatable bonds is 12. The molecule has 0 aliphatic carbocycles. The van der Waals surface area contributed by atoms with Crippen LogP contribution in [-0.2, 0) is 24.0 Å². The molecule has 2 N–H and O–H groups in total. The monoisotopic (exact) mass is 486 g/mol. The molecule has 1 rings (SSSR count). The predicted molar refractivity (Wildman–Crippen MR) is 128 cm³/mol. The molecule has 0 aromatic carbocycles. The molecule has 0 atom stereocenters. The molecule has 0 aromatic heterocycles. The highest BCUT2D eigenvalue weighted by Crippen LogP contribution is 2.50. The summed E-state index contributed by atoms with van der Waals surface area (Å²) in [5, 5.41) is 24.4. The van der Waals surface area contributed by atoms with Crippen molar-refractivity contribution in [1.82, 2.24) is 5.32 Å². The number of piperidine rings is 1. The zero-order chi connectivity index (χ0) is 26.6. The van der Waals surface area contributed by atoms with Gasteiger partial charge in [-0.2, -0.15) is 4.84 Å². The highest BCUT2D eigenvalue weighted by atomic mass is 16.7. The van der Waals surface area contributed by atoms with Crippen molar-refractivity contribution < 1.29 is 38.8 Å². The maximum atomic E-state index is 11.8. The third-order valence-corrected chi connectivity index (χ3v) is 6.04. The highest BCUT2D eigenvalue weighted by Gasteiger charge is 2.65. The van der Waals surface area contributed by atoms with Crippen LogP contribution < -0.4 is 10.4 Å². The van der Waals surface area contributed by atoms with E-state index in [9.17, 15) is 19.5 Å². The second kappa shape index (κ2) is 14.4. The fraction of sp³-hybridized carbons (Fsp3) is 0.800. The first-order valence-electron chi connectivity index (χ1n) is 12.3. The Bertz CT molecular complexity index is 677. The van der Waals surface area contributed by atoms with Gasteiger partial charge < -0.3 is 25.1 Å². The number of nitrogens with zero attached hydrogens (tertiary/aromatic N) is 1. The van der Waals surface area contributed by atoms with Crippen LogP contribution in [0.3, 0.4) is 0 Å². The van der Waals surface area contributed by atoms with Gasteiger partial charge in [0.2, 0.25) is 0 Å². The molecule has 34 heavy (non-hydrogen) atoms. The van der Waals surface area contributed by atoms with Crippen LogP contribution >= 0.6 is 0 Å². The maximum absolute atomic E-state index is 11.8. The molecule has 198 valence electrons. The second-order valence-electron chi connectivity index (χ2n) is 9.90. The number of carbonyl (C=O) groups excluding carboxylic acids is 2. The number of unbranched alkanes of at least 4 members (excludes halogenated alkanes) is 2. The Labute approximate surface area is 205 Å². The van der Waals surface area contributed by atoms with E-state index in [2.05, 4.69) is 19.2 Å². The molecule has 1 heterocycles. The van der Waals surface area contributed by atoms with Crippen molar-refractivity contribution in [3.05, 3.63) is 11.8 Å². The molecule has 0 saturated carbocycles. The summed E-state index contributed by atoms with van der Waals surface area (Å²) in [4.78, 5) is 40.3. The van der Waals surface area contributed by atoms with Crippen LogP contribution in [0.25, 0.3) is 0 Å². The van der Waals surface area contributed by atoms with Crippen LogP contribution in [0.1, 0.15) is 93.9 Å². The van der Waals surface area contributed by atoms with Gasteiger partial charge in [0.15, 0.2) is 5.70 Å². The molecule has 0 amide bonds. The predicted octanol–water partition coefficient (Wildman–Crippen LogP) is 2.93. The summed E-state index contributed by atoms with van der Waals surface area (Å²) < 4.78 is 4.81. The lowest BCUT2D eigenvalue weighted by Crippen LogP contribution is -2.75. The van der Waals surface area contributed by atoms with Gasteiger partial charge in [-0.3, -0.25) is 4.79 Å². The SMILES string of the molecule is CCCCNCCCC.CCO[N+]1(/C(=C/C(=O)O)C(=O)[O-])C(C)(C)CC(OC(C)=O)CC1(C)C. The fourth-order valence-electron chi connectivity index (χ4n) is 4.97. The van der Waals surface area contributed by atoms with E-state index in [1.165, 1.54) is 45.7 Å². The molecule has 9 heteroatoms. The van der Waals surface area contributed by atoms with E-state index in [0.717, 1.165) is 0 Å². The number of nitrogens with one attached hydrogen (secondary N) is 1. The Morgan fingerprint density at radius 3 is 1.82 bits per heavy atom. The number of carboxylic acids is 2. The van der Waals surface area contributed by atoms with Crippen LogP contribution in [-0.4, -0.2) is 64.5 Å². The van der Waals surface area contributed by atoms with Crippen molar-refractivity contribution in [2.45, 2.75) is 111 Å². The highest BCUT2D eigenvalue weighted by molar-refractivity contribution is 5.91. The van der Waals surface area contributed by atoms with Gasteiger partial charge in [0.05, 0.1) is 6.08 Å². The number of hydroxylamine groups is 3. The number of carboxylic acid groups (broad SMARTS) is 2.